The lowest BCUT2D eigenvalue weighted by Crippen LogP contribution is -2.35. The van der Waals surface area contributed by atoms with Crippen LogP contribution >= 0.6 is 0 Å². The van der Waals surface area contributed by atoms with Crippen molar-refractivity contribution >= 4 is 41.2 Å². The van der Waals surface area contributed by atoms with E-state index in [1.54, 1.807) is 12.1 Å². The van der Waals surface area contributed by atoms with E-state index in [1.807, 2.05) is 0 Å². The molecule has 0 unspecified atom stereocenters. The van der Waals surface area contributed by atoms with Crippen LogP contribution in [0.1, 0.15) is 24.1 Å². The largest absolute Gasteiger partial charge is 0.484 e. The average Bonchev–Trinajstić information content (AvgIpc) is 3.82. The maximum atomic E-state index is 12.6. The molecule has 0 saturated heterocycles. The number of anilines is 1. The van der Waals surface area contributed by atoms with Crippen LogP contribution < -0.4 is 20.7 Å². The summed E-state index contributed by atoms with van der Waals surface area (Å²) in [5, 5.41) is 28.4. The van der Waals surface area contributed by atoms with Crippen LogP contribution in [-0.2, 0) is 82.1 Å². The molecule has 0 aliphatic carbocycles. The molecule has 0 radical (unpaired) electrons. The predicted molar refractivity (Wildman–Crippen MR) is 223 cm³/mol. The lowest BCUT2D eigenvalue weighted by Gasteiger charge is -2.14. The lowest BCUT2D eigenvalue weighted by atomic mass is 10.2. The second-order valence-corrected chi connectivity index (χ2v) is 13.4. The van der Waals surface area contributed by atoms with Crippen molar-refractivity contribution in [3.05, 3.63) is 57.9 Å². The van der Waals surface area contributed by atoms with Gasteiger partial charge in [0.25, 0.3) is 11.8 Å². The van der Waals surface area contributed by atoms with E-state index >= 15 is 0 Å². The van der Waals surface area contributed by atoms with Gasteiger partial charge in [-0.3, -0.25) is 28.9 Å². The Bertz CT molecular complexity index is 1760. The zero-order chi connectivity index (χ0) is 46.2. The molecule has 3 rings (SSSR count). The third-order valence-electron chi connectivity index (χ3n) is 8.65. The Balaban J connectivity index is 1.02. The fraction of sp³-hybridized carbons (Fsp3) is 0.600. The lowest BCUT2D eigenvalue weighted by molar-refractivity contribution is -0.396. The Morgan fingerprint density at radius 1 is 0.703 bits per heavy atom. The molecule has 64 heavy (non-hydrogen) atoms. The van der Waals surface area contributed by atoms with Gasteiger partial charge in [-0.25, -0.2) is 4.57 Å². The van der Waals surface area contributed by atoms with Gasteiger partial charge < -0.3 is 73.8 Å². The van der Waals surface area contributed by atoms with Crippen molar-refractivity contribution in [3.8, 4) is 5.75 Å². The Labute approximate surface area is 369 Å². The van der Waals surface area contributed by atoms with E-state index in [0.29, 0.717) is 110 Å². The monoisotopic (exact) mass is 909 g/mol. The number of aliphatic hydroxyl groups is 1. The van der Waals surface area contributed by atoms with Crippen molar-refractivity contribution in [2.24, 2.45) is 7.05 Å². The number of imidazole rings is 1. The van der Waals surface area contributed by atoms with Crippen LogP contribution in [0.5, 0.6) is 5.75 Å². The van der Waals surface area contributed by atoms with Gasteiger partial charge in [0.1, 0.15) is 18.6 Å². The van der Waals surface area contributed by atoms with Gasteiger partial charge in [0, 0.05) is 38.1 Å². The zero-order valence-corrected chi connectivity index (χ0v) is 36.0. The molecule has 356 valence electrons. The van der Waals surface area contributed by atoms with E-state index in [9.17, 15) is 39.2 Å². The molecule has 4 N–H and O–H groups in total. The number of nitrogens with zero attached hydrogens (tertiary/aromatic N) is 4. The summed E-state index contributed by atoms with van der Waals surface area (Å²) in [6.45, 7) is 5.42. The Morgan fingerprint density at radius 3 is 1.70 bits per heavy atom. The Morgan fingerprint density at radius 2 is 1.20 bits per heavy atom. The van der Waals surface area contributed by atoms with Crippen molar-refractivity contribution in [2.75, 3.05) is 131 Å². The van der Waals surface area contributed by atoms with Gasteiger partial charge >= 0.3 is 5.95 Å². The maximum absolute atomic E-state index is 12.6. The van der Waals surface area contributed by atoms with Gasteiger partial charge in [-0.15, -0.1) is 0 Å². The van der Waals surface area contributed by atoms with Gasteiger partial charge in [0.05, 0.1) is 132 Å². The van der Waals surface area contributed by atoms with Crippen molar-refractivity contribution in [1.29, 1.82) is 0 Å². The van der Waals surface area contributed by atoms with Crippen LogP contribution in [0.15, 0.2) is 36.5 Å². The number of carbonyl (C=O) groups excluding carboxylic acids is 5. The molecular formula is C40H59N7O17. The van der Waals surface area contributed by atoms with Crippen molar-refractivity contribution < 1.29 is 76.6 Å². The SMILES string of the molecule is Cn1c(COc2ccc(CO)cc2NC(=O)CNC(=O)CCOCCOCCOCCOCCOCCOCCOCCOCCNC(=O)CCN2C(=O)C=CC2=O)cnc1[N+](=O)[O-]. The normalized spacial score (nSPS) is 12.2. The minimum atomic E-state index is -0.615. The summed E-state index contributed by atoms with van der Waals surface area (Å²) in [5.74, 6) is -2.12. The molecule has 0 spiro atoms. The third-order valence-corrected chi connectivity index (χ3v) is 8.65. The maximum Gasteiger partial charge on any atom is 0.434 e. The Hall–Kier alpha value is -5.44. The number of aromatic nitrogens is 2. The van der Waals surface area contributed by atoms with Crippen molar-refractivity contribution in [1.82, 2.24) is 25.1 Å². The molecule has 0 bridgehead atoms. The highest BCUT2D eigenvalue weighted by Crippen LogP contribution is 2.27. The fourth-order valence-corrected chi connectivity index (χ4v) is 5.27. The number of ether oxygens (including phenoxy) is 9. The first kappa shape index (κ1) is 52.9. The Kier molecular flexibility index (Phi) is 26.7. The molecular weight excluding hydrogens is 850 g/mol. The standard InChI is InChI=1S/C40H59N7O17/c1-45-32(27-43-40(45)47(54)55)30-64-34-3-2-31(29-48)26-33(34)44-37(51)28-42-36(50)7-10-56-12-14-58-16-18-60-20-22-62-24-25-63-23-21-61-19-17-59-15-13-57-11-8-41-35(49)6-9-46-38(52)4-5-39(46)53/h2-5,26-27,48H,6-25,28-30H2,1H3,(H,41,49)(H,42,50)(H,44,51). The van der Waals surface area contributed by atoms with Gasteiger partial charge in [-0.05, 0) is 22.6 Å². The van der Waals surface area contributed by atoms with E-state index in [4.69, 9.17) is 42.6 Å². The summed E-state index contributed by atoms with van der Waals surface area (Å²) in [6, 6.07) is 4.67. The van der Waals surface area contributed by atoms with E-state index in [2.05, 4.69) is 20.9 Å². The molecule has 24 heteroatoms. The fourth-order valence-electron chi connectivity index (χ4n) is 5.27. The van der Waals surface area contributed by atoms with E-state index in [1.165, 1.54) is 36.0 Å². The first-order valence-corrected chi connectivity index (χ1v) is 20.6. The molecule has 0 atom stereocenters. The summed E-state index contributed by atoms with van der Waals surface area (Å²) in [4.78, 5) is 74.8. The van der Waals surface area contributed by atoms with E-state index in [-0.39, 0.29) is 75.7 Å². The molecule has 0 saturated carbocycles. The molecule has 24 nitrogen and oxygen atoms in total. The number of rotatable bonds is 38. The minimum absolute atomic E-state index is 0.0280. The van der Waals surface area contributed by atoms with Crippen LogP contribution in [0, 0.1) is 10.1 Å². The van der Waals surface area contributed by atoms with Crippen LogP contribution in [0.2, 0.25) is 0 Å². The number of benzene rings is 1. The summed E-state index contributed by atoms with van der Waals surface area (Å²) in [5.41, 5.74) is 1.18. The van der Waals surface area contributed by atoms with Crippen LogP contribution in [0.25, 0.3) is 0 Å². The number of hydrogen-bond acceptors (Lipinski definition) is 18. The van der Waals surface area contributed by atoms with Gasteiger partial charge in [0.15, 0.2) is 5.69 Å². The summed E-state index contributed by atoms with van der Waals surface area (Å²) < 4.78 is 50.6. The molecule has 1 aromatic heterocycles. The van der Waals surface area contributed by atoms with Gasteiger partial charge in [-0.1, -0.05) is 11.1 Å². The molecule has 1 aliphatic rings. The molecule has 2 heterocycles. The molecule has 5 amide bonds. The number of imide groups is 1. The quantitative estimate of drug-likeness (QED) is 0.0283. The van der Waals surface area contributed by atoms with Crippen LogP contribution in [0.3, 0.4) is 0 Å². The molecule has 0 fully saturated rings. The van der Waals surface area contributed by atoms with Crippen molar-refractivity contribution in [2.45, 2.75) is 26.1 Å². The highest BCUT2D eigenvalue weighted by molar-refractivity contribution is 6.13. The van der Waals surface area contributed by atoms with Gasteiger partial charge in [0.2, 0.25) is 17.7 Å². The second-order valence-electron chi connectivity index (χ2n) is 13.4. The smallest absolute Gasteiger partial charge is 0.434 e. The number of hydrogen-bond donors (Lipinski definition) is 4. The summed E-state index contributed by atoms with van der Waals surface area (Å²) >= 11 is 0. The first-order chi connectivity index (χ1) is 31.1. The number of nitro groups is 1. The van der Waals surface area contributed by atoms with Crippen molar-refractivity contribution in [3.63, 3.8) is 0 Å². The average molecular weight is 910 g/mol. The first-order valence-electron chi connectivity index (χ1n) is 20.6. The summed E-state index contributed by atoms with van der Waals surface area (Å²) in [7, 11) is 1.48. The molecule has 1 aliphatic heterocycles. The molecule has 1 aromatic carbocycles. The molecule has 2 aromatic rings. The number of carbonyl (C=O) groups is 5. The minimum Gasteiger partial charge on any atom is -0.484 e. The van der Waals surface area contributed by atoms with E-state index < -0.39 is 28.6 Å². The third kappa shape index (κ3) is 22.3. The number of aliphatic hydroxyl groups excluding tert-OH is 1. The second kappa shape index (κ2) is 32.3. The number of nitrogens with one attached hydrogen (secondary N) is 3. The van der Waals surface area contributed by atoms with Crippen LogP contribution in [0.4, 0.5) is 11.6 Å². The zero-order valence-electron chi connectivity index (χ0n) is 36.0. The number of amides is 5. The van der Waals surface area contributed by atoms with Crippen LogP contribution in [-0.4, -0.2) is 179 Å². The summed E-state index contributed by atoms with van der Waals surface area (Å²) in [6.07, 6.45) is 3.74. The topological polar surface area (TPSA) is 289 Å². The highest BCUT2D eigenvalue weighted by Gasteiger charge is 2.23. The highest BCUT2D eigenvalue weighted by atomic mass is 16.6. The van der Waals surface area contributed by atoms with Gasteiger partial charge in [-0.2, -0.15) is 0 Å². The van der Waals surface area contributed by atoms with E-state index in [0.717, 1.165) is 4.90 Å². The predicted octanol–water partition coefficient (Wildman–Crippen LogP) is -0.591.